The number of aromatic nitrogens is 2. The van der Waals surface area contributed by atoms with Crippen molar-refractivity contribution in [3.8, 4) is 0 Å². The van der Waals surface area contributed by atoms with E-state index < -0.39 is 0 Å². The molecule has 1 amide bonds. The molecule has 0 bridgehead atoms. The number of carbonyl (C=O) groups is 1. The van der Waals surface area contributed by atoms with Gasteiger partial charge in [-0.05, 0) is 34.5 Å². The summed E-state index contributed by atoms with van der Waals surface area (Å²) in [6.07, 6.45) is 0.822. The van der Waals surface area contributed by atoms with Gasteiger partial charge in [-0.15, -0.1) is 10.2 Å². The van der Waals surface area contributed by atoms with E-state index in [1.54, 1.807) is 6.07 Å². The minimum absolute atomic E-state index is 0.184. The van der Waals surface area contributed by atoms with Crippen molar-refractivity contribution in [3.63, 3.8) is 0 Å². The van der Waals surface area contributed by atoms with Crippen LogP contribution in [0.1, 0.15) is 22.3 Å². The lowest BCUT2D eigenvalue weighted by Crippen LogP contribution is -2.12. The van der Waals surface area contributed by atoms with Crippen molar-refractivity contribution in [1.82, 2.24) is 10.2 Å². The van der Waals surface area contributed by atoms with Crippen LogP contribution in [0.25, 0.3) is 0 Å². The molecule has 0 aliphatic heterocycles. The standard InChI is InChI=1S/C11H10BrN3OS/c1-2-9-14-15-11(17-9)13-10(16)7-5-3-4-6-8(7)12/h3-6H,2H2,1H3,(H,13,15,16). The molecule has 88 valence electrons. The Balaban J connectivity index is 2.14. The van der Waals surface area contributed by atoms with Gasteiger partial charge in [0.1, 0.15) is 5.01 Å². The number of carbonyl (C=O) groups excluding carboxylic acids is 1. The van der Waals surface area contributed by atoms with Crippen LogP contribution < -0.4 is 5.32 Å². The maximum Gasteiger partial charge on any atom is 0.258 e. The predicted molar refractivity (Wildman–Crippen MR) is 71.4 cm³/mol. The Labute approximate surface area is 111 Å². The van der Waals surface area contributed by atoms with Crippen LogP contribution in [0.5, 0.6) is 0 Å². The van der Waals surface area contributed by atoms with Crippen LogP contribution in [0, 0.1) is 0 Å². The molecule has 2 aromatic rings. The van der Waals surface area contributed by atoms with Crippen molar-refractivity contribution in [2.75, 3.05) is 5.32 Å². The van der Waals surface area contributed by atoms with Gasteiger partial charge in [0.25, 0.3) is 5.91 Å². The van der Waals surface area contributed by atoms with Crippen molar-refractivity contribution < 1.29 is 4.79 Å². The SMILES string of the molecule is CCc1nnc(NC(=O)c2ccccc2Br)s1. The van der Waals surface area contributed by atoms with E-state index in [9.17, 15) is 4.79 Å². The van der Waals surface area contributed by atoms with E-state index in [1.165, 1.54) is 11.3 Å². The first-order chi connectivity index (χ1) is 8.20. The molecule has 0 atom stereocenters. The highest BCUT2D eigenvalue weighted by Gasteiger charge is 2.11. The molecule has 2 rings (SSSR count). The molecular formula is C11H10BrN3OS. The van der Waals surface area contributed by atoms with E-state index in [1.807, 2.05) is 25.1 Å². The molecule has 0 unspecified atom stereocenters. The highest BCUT2D eigenvalue weighted by molar-refractivity contribution is 9.10. The first-order valence-electron chi connectivity index (χ1n) is 5.09. The minimum atomic E-state index is -0.184. The van der Waals surface area contributed by atoms with Crippen molar-refractivity contribution in [2.45, 2.75) is 13.3 Å². The fourth-order valence-electron chi connectivity index (χ4n) is 1.26. The van der Waals surface area contributed by atoms with Gasteiger partial charge in [-0.2, -0.15) is 0 Å². The molecule has 0 aliphatic rings. The van der Waals surface area contributed by atoms with Crippen molar-refractivity contribution in [1.29, 1.82) is 0 Å². The number of rotatable bonds is 3. The quantitative estimate of drug-likeness (QED) is 0.947. The third-order valence-electron chi connectivity index (χ3n) is 2.11. The average molecular weight is 312 g/mol. The number of nitrogens with zero attached hydrogens (tertiary/aromatic N) is 2. The van der Waals surface area contributed by atoms with Crippen LogP contribution in [-0.4, -0.2) is 16.1 Å². The Morgan fingerprint density at radius 2 is 2.18 bits per heavy atom. The monoisotopic (exact) mass is 311 g/mol. The van der Waals surface area contributed by atoms with Crippen LogP contribution in [0.2, 0.25) is 0 Å². The van der Waals surface area contributed by atoms with E-state index in [-0.39, 0.29) is 5.91 Å². The zero-order valence-electron chi connectivity index (χ0n) is 9.11. The molecule has 17 heavy (non-hydrogen) atoms. The molecule has 1 aromatic carbocycles. The normalized spacial score (nSPS) is 10.2. The molecule has 1 N–H and O–H groups in total. The number of anilines is 1. The summed E-state index contributed by atoms with van der Waals surface area (Å²) in [5, 5.41) is 12.0. The number of halogens is 1. The number of amides is 1. The summed E-state index contributed by atoms with van der Waals surface area (Å²) >= 11 is 4.73. The molecule has 0 saturated heterocycles. The fourth-order valence-corrected chi connectivity index (χ4v) is 2.40. The fraction of sp³-hybridized carbons (Fsp3) is 0.182. The molecule has 4 nitrogen and oxygen atoms in total. The van der Waals surface area contributed by atoms with Gasteiger partial charge in [-0.3, -0.25) is 10.1 Å². The van der Waals surface area contributed by atoms with Gasteiger partial charge in [-0.1, -0.05) is 30.4 Å². The zero-order valence-corrected chi connectivity index (χ0v) is 11.5. The summed E-state index contributed by atoms with van der Waals surface area (Å²) < 4.78 is 0.762. The summed E-state index contributed by atoms with van der Waals surface area (Å²) in [6, 6.07) is 7.26. The minimum Gasteiger partial charge on any atom is -0.296 e. The highest BCUT2D eigenvalue weighted by atomic mass is 79.9. The van der Waals surface area contributed by atoms with Crippen molar-refractivity contribution in [2.24, 2.45) is 0 Å². The predicted octanol–water partition coefficient (Wildman–Crippen LogP) is 3.12. The zero-order chi connectivity index (χ0) is 12.3. The van der Waals surface area contributed by atoms with E-state index in [4.69, 9.17) is 0 Å². The largest absolute Gasteiger partial charge is 0.296 e. The molecule has 0 fully saturated rings. The third-order valence-corrected chi connectivity index (χ3v) is 3.78. The lowest BCUT2D eigenvalue weighted by atomic mass is 10.2. The van der Waals surface area contributed by atoms with Gasteiger partial charge in [-0.25, -0.2) is 0 Å². The topological polar surface area (TPSA) is 54.9 Å². The summed E-state index contributed by atoms with van der Waals surface area (Å²) in [6.45, 7) is 2.00. The van der Waals surface area contributed by atoms with Gasteiger partial charge < -0.3 is 0 Å². The summed E-state index contributed by atoms with van der Waals surface area (Å²) in [5.41, 5.74) is 0.584. The van der Waals surface area contributed by atoms with Gasteiger partial charge in [0.15, 0.2) is 0 Å². The number of nitrogens with one attached hydrogen (secondary N) is 1. The Bertz CT molecular complexity index is 541. The van der Waals surface area contributed by atoms with E-state index >= 15 is 0 Å². The maximum atomic E-state index is 11.9. The second kappa shape index (κ2) is 5.37. The molecule has 0 saturated carbocycles. The van der Waals surface area contributed by atoms with Gasteiger partial charge in [0, 0.05) is 4.47 Å². The summed E-state index contributed by atoms with van der Waals surface area (Å²) in [4.78, 5) is 11.9. The van der Waals surface area contributed by atoms with Gasteiger partial charge >= 0.3 is 0 Å². The Kier molecular flexibility index (Phi) is 3.86. The molecular weight excluding hydrogens is 302 g/mol. The first-order valence-corrected chi connectivity index (χ1v) is 6.70. The third kappa shape index (κ3) is 2.89. The molecule has 1 aromatic heterocycles. The van der Waals surface area contributed by atoms with E-state index in [0.29, 0.717) is 10.7 Å². The van der Waals surface area contributed by atoms with Crippen LogP contribution >= 0.6 is 27.3 Å². The lowest BCUT2D eigenvalue weighted by Gasteiger charge is -2.02. The molecule has 0 spiro atoms. The van der Waals surface area contributed by atoms with Crippen molar-refractivity contribution >= 4 is 38.3 Å². The maximum absolute atomic E-state index is 11.9. The van der Waals surface area contributed by atoms with E-state index in [0.717, 1.165) is 15.9 Å². The smallest absolute Gasteiger partial charge is 0.258 e. The molecule has 6 heteroatoms. The lowest BCUT2D eigenvalue weighted by molar-refractivity contribution is 0.102. The second-order valence-corrected chi connectivity index (χ2v) is 5.20. The molecule has 1 heterocycles. The van der Waals surface area contributed by atoms with Crippen LogP contribution in [0.15, 0.2) is 28.7 Å². The van der Waals surface area contributed by atoms with Crippen LogP contribution in [0.3, 0.4) is 0 Å². The summed E-state index contributed by atoms with van der Waals surface area (Å²) in [7, 11) is 0. The molecule has 0 aliphatic carbocycles. The average Bonchev–Trinajstić information content (AvgIpc) is 2.77. The number of benzene rings is 1. The Morgan fingerprint density at radius 3 is 2.82 bits per heavy atom. The van der Waals surface area contributed by atoms with Crippen molar-refractivity contribution in [3.05, 3.63) is 39.3 Å². The van der Waals surface area contributed by atoms with Crippen LogP contribution in [0.4, 0.5) is 5.13 Å². The summed E-state index contributed by atoms with van der Waals surface area (Å²) in [5.74, 6) is -0.184. The van der Waals surface area contributed by atoms with Gasteiger partial charge in [0.05, 0.1) is 5.56 Å². The number of hydrogen-bond donors (Lipinski definition) is 1. The van der Waals surface area contributed by atoms with Gasteiger partial charge in [0.2, 0.25) is 5.13 Å². The Hall–Kier alpha value is -1.27. The Morgan fingerprint density at radius 1 is 1.41 bits per heavy atom. The molecule has 0 radical (unpaired) electrons. The van der Waals surface area contributed by atoms with Crippen LogP contribution in [-0.2, 0) is 6.42 Å². The number of hydrogen-bond acceptors (Lipinski definition) is 4. The number of aryl methyl sites for hydroxylation is 1. The highest BCUT2D eigenvalue weighted by Crippen LogP contribution is 2.20. The first kappa shape index (κ1) is 12.2. The van der Waals surface area contributed by atoms with E-state index in [2.05, 4.69) is 31.4 Å². The second-order valence-electron chi connectivity index (χ2n) is 3.29.